The summed E-state index contributed by atoms with van der Waals surface area (Å²) in [6.45, 7) is 7.23. The Balaban J connectivity index is 1.96. The molecule has 17 heteroatoms. The third-order valence-corrected chi connectivity index (χ3v) is 11.6. The van der Waals surface area contributed by atoms with Gasteiger partial charge in [-0.3, -0.25) is 23.5 Å². The van der Waals surface area contributed by atoms with E-state index in [1.807, 2.05) is 56.3 Å². The molecule has 0 aliphatic carbocycles. The number of carbonyl (C=O) groups excluding carboxylic acids is 1. The molecule has 0 radical (unpaired) electrons. The Kier molecular flexibility index (Phi) is 14.3. The Bertz CT molecular complexity index is 1870. The highest BCUT2D eigenvalue weighted by Gasteiger charge is 2.47. The van der Waals surface area contributed by atoms with Crippen molar-refractivity contribution in [2.24, 2.45) is 10.5 Å². The lowest BCUT2D eigenvalue weighted by atomic mass is 9.76. The van der Waals surface area contributed by atoms with E-state index in [0.717, 1.165) is 17.0 Å². The highest BCUT2D eigenvalue weighted by atomic mass is 32.2. The van der Waals surface area contributed by atoms with Crippen molar-refractivity contribution in [1.82, 2.24) is 5.01 Å². The van der Waals surface area contributed by atoms with Crippen LogP contribution in [0.4, 0.5) is 5.69 Å². The summed E-state index contributed by atoms with van der Waals surface area (Å²) < 4.78 is 104. The number of para-hydroxylation sites is 1. The summed E-state index contributed by atoms with van der Waals surface area (Å²) in [5, 5.41) is 6.25. The molecule has 0 amide bonds. The van der Waals surface area contributed by atoms with Crippen LogP contribution in [0.3, 0.4) is 0 Å². The van der Waals surface area contributed by atoms with Crippen LogP contribution in [0.15, 0.2) is 65.4 Å². The zero-order valence-corrected chi connectivity index (χ0v) is 31.1. The van der Waals surface area contributed by atoms with Gasteiger partial charge in [0, 0.05) is 47.5 Å². The molecule has 0 bridgehead atoms. The van der Waals surface area contributed by atoms with Crippen LogP contribution in [0.5, 0.6) is 0 Å². The number of allylic oxidation sites excluding steroid dienone is 6. The quantitative estimate of drug-likeness (QED) is 0.0527. The molecule has 2 aliphatic heterocycles. The van der Waals surface area contributed by atoms with Gasteiger partial charge in [-0.25, -0.2) is 0 Å². The van der Waals surface area contributed by atoms with Crippen molar-refractivity contribution in [3.63, 3.8) is 0 Å². The van der Waals surface area contributed by atoms with Crippen LogP contribution in [0.2, 0.25) is 0 Å². The number of nitrogens with zero attached hydrogens (tertiary/aromatic N) is 3. The molecule has 2 atom stereocenters. The maximum atomic E-state index is 11.6. The standard InChI is InChI=1S/C33H47N3O11S3/c1-27-32(2,18-11-23-48(38,39)40)31(36(34-27)21-13-25-50(44,45)46)17-6-4-5-16-30-33(3,19-12-24-49(41,42)43)28-14-7-8-15-29(28)35(30)20-9-10-22-47-26-37/h4-8,14-17,26H,9-13,18-25H2,1-3H3,(H2-,38,39,40,41,42,43,44,45,46)/p+1. The smallest absolute Gasteiger partial charge is 0.293 e. The van der Waals surface area contributed by atoms with Gasteiger partial charge in [-0.2, -0.15) is 34.9 Å². The van der Waals surface area contributed by atoms with Crippen molar-refractivity contribution in [3.8, 4) is 0 Å². The van der Waals surface area contributed by atoms with Crippen LogP contribution >= 0.6 is 0 Å². The van der Waals surface area contributed by atoms with Crippen LogP contribution in [-0.4, -0.2) is 103 Å². The molecule has 1 aromatic rings. The molecule has 3 rings (SSSR count). The second-order valence-corrected chi connectivity index (χ2v) is 17.6. The van der Waals surface area contributed by atoms with Crippen molar-refractivity contribution >= 4 is 53.9 Å². The predicted octanol–water partition coefficient (Wildman–Crippen LogP) is 4.30. The monoisotopic (exact) mass is 758 g/mol. The van der Waals surface area contributed by atoms with Crippen molar-refractivity contribution < 1.29 is 53.0 Å². The Morgan fingerprint density at radius 3 is 2.04 bits per heavy atom. The van der Waals surface area contributed by atoms with Gasteiger partial charge in [0.2, 0.25) is 5.69 Å². The fourth-order valence-electron chi connectivity index (χ4n) is 6.56. The molecule has 50 heavy (non-hydrogen) atoms. The van der Waals surface area contributed by atoms with Gasteiger partial charge >= 0.3 is 0 Å². The van der Waals surface area contributed by atoms with Crippen molar-refractivity contribution in [1.29, 1.82) is 0 Å². The molecular weight excluding hydrogens is 711 g/mol. The molecule has 2 aliphatic rings. The summed E-state index contributed by atoms with van der Waals surface area (Å²) in [4.78, 5) is 10.6. The molecule has 0 fully saturated rings. The van der Waals surface area contributed by atoms with E-state index in [4.69, 9.17) is 4.74 Å². The van der Waals surface area contributed by atoms with Gasteiger partial charge in [0.15, 0.2) is 5.71 Å². The van der Waals surface area contributed by atoms with Gasteiger partial charge < -0.3 is 4.74 Å². The van der Waals surface area contributed by atoms with E-state index < -0.39 is 52.7 Å². The summed E-state index contributed by atoms with van der Waals surface area (Å²) in [5.74, 6) is -1.24. The first-order valence-electron chi connectivity index (χ1n) is 16.3. The highest BCUT2D eigenvalue weighted by Crippen LogP contribution is 2.44. The Hall–Kier alpha value is -3.22. The summed E-state index contributed by atoms with van der Waals surface area (Å²) >= 11 is 0. The molecule has 0 spiro atoms. The van der Waals surface area contributed by atoms with E-state index in [2.05, 4.69) is 9.68 Å². The molecule has 1 aromatic carbocycles. The number of hydrazone groups is 1. The molecular formula is C33H48N3O11S3+. The summed E-state index contributed by atoms with van der Waals surface area (Å²) in [6, 6.07) is 7.86. The van der Waals surface area contributed by atoms with E-state index in [1.165, 1.54) is 0 Å². The minimum absolute atomic E-state index is 0.101. The second kappa shape index (κ2) is 17.3. The molecule has 14 nitrogen and oxygen atoms in total. The van der Waals surface area contributed by atoms with Gasteiger partial charge in [-0.1, -0.05) is 36.4 Å². The summed E-state index contributed by atoms with van der Waals surface area (Å²) in [6.07, 6.45) is 11.9. The molecule has 278 valence electrons. The average molecular weight is 759 g/mol. The zero-order chi connectivity index (χ0) is 37.2. The average Bonchev–Trinajstić information content (AvgIpc) is 3.37. The van der Waals surface area contributed by atoms with E-state index in [1.54, 1.807) is 24.1 Å². The lowest BCUT2D eigenvalue weighted by Gasteiger charge is -2.29. The van der Waals surface area contributed by atoms with E-state index in [9.17, 15) is 43.7 Å². The fourth-order valence-corrected chi connectivity index (χ4v) is 8.07. The number of unbranched alkanes of at least 4 members (excludes halogenated alkanes) is 1. The summed E-state index contributed by atoms with van der Waals surface area (Å²) in [7, 11) is -12.5. The van der Waals surface area contributed by atoms with Crippen LogP contribution < -0.4 is 0 Å². The van der Waals surface area contributed by atoms with Gasteiger partial charge in [-0.15, -0.1) is 0 Å². The molecule has 0 aromatic heterocycles. The number of fused-ring (bicyclic) bond motifs is 1. The maximum Gasteiger partial charge on any atom is 0.293 e. The van der Waals surface area contributed by atoms with Crippen molar-refractivity contribution in [2.75, 3.05) is 37.0 Å². The number of rotatable bonds is 21. The lowest BCUT2D eigenvalue weighted by molar-refractivity contribution is -0.438. The number of ether oxygens (including phenoxy) is 1. The molecule has 2 heterocycles. The first-order valence-corrected chi connectivity index (χ1v) is 21.2. The van der Waals surface area contributed by atoms with Crippen LogP contribution in [0.25, 0.3) is 0 Å². The minimum Gasteiger partial charge on any atom is -0.468 e. The largest absolute Gasteiger partial charge is 0.468 e. The molecule has 3 N–H and O–H groups in total. The van der Waals surface area contributed by atoms with E-state index in [0.29, 0.717) is 50.1 Å². The first kappa shape index (κ1) is 41.2. The van der Waals surface area contributed by atoms with Crippen LogP contribution in [-0.2, 0) is 45.3 Å². The third kappa shape index (κ3) is 11.7. The van der Waals surface area contributed by atoms with Crippen LogP contribution in [0.1, 0.15) is 71.3 Å². The second-order valence-electron chi connectivity index (χ2n) is 12.9. The van der Waals surface area contributed by atoms with Gasteiger partial charge in [-0.05, 0) is 65.4 Å². The van der Waals surface area contributed by atoms with Gasteiger partial charge in [0.05, 0.1) is 29.3 Å². The maximum absolute atomic E-state index is 11.6. The Morgan fingerprint density at radius 2 is 1.42 bits per heavy atom. The number of hydrogen-bond acceptors (Lipinski definition) is 10. The SMILES string of the molecule is CC1=NN(CCCS(=O)(=O)O)\C(=C/C=C/C=C/C2=[N+](CCCCOC=O)c3ccccc3C2(C)CCCS(=O)(=O)O)C1(C)CCCS(=O)(=O)O. The minimum atomic E-state index is -4.18. The van der Waals surface area contributed by atoms with Crippen molar-refractivity contribution in [2.45, 2.75) is 71.1 Å². The molecule has 0 saturated carbocycles. The zero-order valence-electron chi connectivity index (χ0n) is 28.6. The number of hydrogen-bond donors (Lipinski definition) is 3. The fraction of sp³-hybridized carbons (Fsp3) is 0.545. The van der Waals surface area contributed by atoms with Crippen LogP contribution in [0, 0.1) is 5.41 Å². The molecule has 2 unspecified atom stereocenters. The number of benzene rings is 1. The van der Waals surface area contributed by atoms with Gasteiger partial charge in [0.1, 0.15) is 6.54 Å². The lowest BCUT2D eigenvalue weighted by Crippen LogP contribution is -2.32. The van der Waals surface area contributed by atoms with E-state index >= 15 is 0 Å². The first-order chi connectivity index (χ1) is 23.3. The van der Waals surface area contributed by atoms with Gasteiger partial charge in [0.25, 0.3) is 36.8 Å². The normalized spacial score (nSPS) is 22.2. The Labute approximate surface area is 295 Å². The topological polar surface area (TPSA) is 208 Å². The Morgan fingerprint density at radius 1 is 0.820 bits per heavy atom. The van der Waals surface area contributed by atoms with Crippen molar-refractivity contribution in [3.05, 3.63) is 65.9 Å². The number of carbonyl (C=O) groups is 1. The van der Waals surface area contributed by atoms with E-state index in [-0.39, 0.29) is 38.2 Å². The molecule has 0 saturated heterocycles. The third-order valence-electron chi connectivity index (χ3n) is 9.18. The summed E-state index contributed by atoms with van der Waals surface area (Å²) in [5.41, 5.74) is 2.99. The predicted molar refractivity (Wildman–Crippen MR) is 191 cm³/mol. The highest BCUT2D eigenvalue weighted by molar-refractivity contribution is 7.86.